The van der Waals surface area contributed by atoms with Gasteiger partial charge in [-0.2, -0.15) is 4.31 Å². The van der Waals surface area contributed by atoms with E-state index >= 15 is 0 Å². The summed E-state index contributed by atoms with van der Waals surface area (Å²) in [6.07, 6.45) is 3.86. The van der Waals surface area contributed by atoms with Gasteiger partial charge in [0.25, 0.3) is 0 Å². The number of aromatic nitrogens is 1. The SMILES string of the molecule is CCC1CCC(C)N1S(=O)(=O)c1cnc(N)c(Cl)c1. The maximum absolute atomic E-state index is 12.7. The maximum Gasteiger partial charge on any atom is 0.245 e. The zero-order valence-electron chi connectivity index (χ0n) is 11.0. The smallest absolute Gasteiger partial charge is 0.245 e. The van der Waals surface area contributed by atoms with Crippen molar-refractivity contribution < 1.29 is 8.42 Å². The van der Waals surface area contributed by atoms with Crippen molar-refractivity contribution in [3.8, 4) is 0 Å². The molecule has 0 aromatic carbocycles. The summed E-state index contributed by atoms with van der Waals surface area (Å²) >= 11 is 5.86. The molecule has 1 aromatic heterocycles. The zero-order chi connectivity index (χ0) is 14.2. The van der Waals surface area contributed by atoms with E-state index in [9.17, 15) is 8.42 Å². The molecule has 19 heavy (non-hydrogen) atoms. The molecule has 0 radical (unpaired) electrons. The first-order chi connectivity index (χ1) is 8.87. The van der Waals surface area contributed by atoms with E-state index in [0.717, 1.165) is 19.3 Å². The lowest BCUT2D eigenvalue weighted by Gasteiger charge is -2.26. The number of rotatable bonds is 3. The van der Waals surface area contributed by atoms with Crippen molar-refractivity contribution in [2.45, 2.75) is 50.1 Å². The van der Waals surface area contributed by atoms with E-state index < -0.39 is 10.0 Å². The van der Waals surface area contributed by atoms with Crippen molar-refractivity contribution in [1.29, 1.82) is 0 Å². The van der Waals surface area contributed by atoms with Crippen molar-refractivity contribution in [1.82, 2.24) is 9.29 Å². The van der Waals surface area contributed by atoms with Gasteiger partial charge in [-0.15, -0.1) is 0 Å². The Balaban J connectivity index is 2.43. The Hall–Kier alpha value is -0.850. The molecule has 2 heterocycles. The average molecular weight is 304 g/mol. The van der Waals surface area contributed by atoms with Crippen LogP contribution in [0.1, 0.15) is 33.1 Å². The topological polar surface area (TPSA) is 76.3 Å². The second-order valence-electron chi connectivity index (χ2n) is 4.86. The molecular formula is C12H18ClN3O2S. The van der Waals surface area contributed by atoms with Crippen LogP contribution in [0.2, 0.25) is 5.02 Å². The number of nitrogens with two attached hydrogens (primary N) is 1. The van der Waals surface area contributed by atoms with E-state index in [4.69, 9.17) is 17.3 Å². The molecule has 7 heteroatoms. The highest BCUT2D eigenvalue weighted by atomic mass is 35.5. The summed E-state index contributed by atoms with van der Waals surface area (Å²) in [5.74, 6) is 0.141. The summed E-state index contributed by atoms with van der Waals surface area (Å²) < 4.78 is 26.9. The summed E-state index contributed by atoms with van der Waals surface area (Å²) in [6.45, 7) is 3.93. The first-order valence-electron chi connectivity index (χ1n) is 6.32. The lowest BCUT2D eigenvalue weighted by molar-refractivity contribution is 0.328. The van der Waals surface area contributed by atoms with Crippen molar-refractivity contribution in [3.05, 3.63) is 17.3 Å². The zero-order valence-corrected chi connectivity index (χ0v) is 12.6. The highest BCUT2D eigenvalue weighted by Gasteiger charge is 2.39. The van der Waals surface area contributed by atoms with Crippen molar-refractivity contribution in [2.24, 2.45) is 0 Å². The second-order valence-corrected chi connectivity index (χ2v) is 7.11. The lowest BCUT2D eigenvalue weighted by Crippen LogP contribution is -2.39. The average Bonchev–Trinajstić information content (AvgIpc) is 2.74. The predicted molar refractivity (Wildman–Crippen MR) is 75.5 cm³/mol. The summed E-state index contributed by atoms with van der Waals surface area (Å²) in [6, 6.07) is 1.43. The van der Waals surface area contributed by atoms with Gasteiger partial charge >= 0.3 is 0 Å². The third-order valence-electron chi connectivity index (χ3n) is 3.60. The minimum atomic E-state index is -3.56. The number of hydrogen-bond acceptors (Lipinski definition) is 4. The lowest BCUT2D eigenvalue weighted by atomic mass is 10.2. The number of nitrogen functional groups attached to an aromatic ring is 1. The molecule has 106 valence electrons. The van der Waals surface area contributed by atoms with Crippen molar-refractivity contribution in [3.63, 3.8) is 0 Å². The van der Waals surface area contributed by atoms with Crippen molar-refractivity contribution in [2.75, 3.05) is 5.73 Å². The second kappa shape index (κ2) is 5.26. The molecule has 2 rings (SSSR count). The van der Waals surface area contributed by atoms with Gasteiger partial charge in [0.1, 0.15) is 10.7 Å². The Labute approximate surface area is 118 Å². The summed E-state index contributed by atoms with van der Waals surface area (Å²) in [4.78, 5) is 3.94. The molecule has 0 bridgehead atoms. The molecule has 2 N–H and O–H groups in total. The van der Waals surface area contributed by atoms with Gasteiger partial charge in [0.05, 0.1) is 5.02 Å². The van der Waals surface area contributed by atoms with Crippen LogP contribution in [0.15, 0.2) is 17.2 Å². The summed E-state index contributed by atoms with van der Waals surface area (Å²) in [5, 5.41) is 0.168. The fraction of sp³-hybridized carbons (Fsp3) is 0.583. The fourth-order valence-corrected chi connectivity index (χ4v) is 4.71. The Bertz CT molecular complexity index is 576. The van der Waals surface area contributed by atoms with E-state index in [-0.39, 0.29) is 27.8 Å². The third-order valence-corrected chi connectivity index (χ3v) is 5.94. The van der Waals surface area contributed by atoms with Gasteiger partial charge in [-0.25, -0.2) is 13.4 Å². The maximum atomic E-state index is 12.7. The van der Waals surface area contributed by atoms with Gasteiger partial charge < -0.3 is 5.73 Å². The van der Waals surface area contributed by atoms with Crippen LogP contribution < -0.4 is 5.73 Å². The molecule has 1 aliphatic heterocycles. The number of halogens is 1. The normalized spacial score (nSPS) is 24.8. The molecule has 0 spiro atoms. The molecule has 1 saturated heterocycles. The van der Waals surface area contributed by atoms with Gasteiger partial charge in [0, 0.05) is 18.3 Å². The standard InChI is InChI=1S/C12H18ClN3O2S/c1-3-9-5-4-8(2)16(9)19(17,18)10-6-11(13)12(14)15-7-10/h6-9H,3-5H2,1-2H3,(H2,14,15). The first-order valence-corrected chi connectivity index (χ1v) is 8.14. The first kappa shape index (κ1) is 14.6. The molecule has 2 atom stereocenters. The van der Waals surface area contributed by atoms with Gasteiger partial charge in [0.2, 0.25) is 10.0 Å². The Morgan fingerprint density at radius 3 is 2.79 bits per heavy atom. The molecule has 1 aromatic rings. The number of anilines is 1. The van der Waals surface area contributed by atoms with Gasteiger partial charge in [-0.05, 0) is 32.3 Å². The number of nitrogens with zero attached hydrogens (tertiary/aromatic N) is 2. The van der Waals surface area contributed by atoms with Crippen LogP contribution in [-0.4, -0.2) is 29.8 Å². The van der Waals surface area contributed by atoms with Crippen LogP contribution >= 0.6 is 11.6 Å². The van der Waals surface area contributed by atoms with E-state index in [1.807, 2.05) is 13.8 Å². The molecule has 0 amide bonds. The molecule has 0 aliphatic carbocycles. The van der Waals surface area contributed by atoms with Crippen molar-refractivity contribution >= 4 is 27.4 Å². The van der Waals surface area contributed by atoms with E-state index in [2.05, 4.69) is 4.98 Å². The third kappa shape index (κ3) is 2.57. The van der Waals surface area contributed by atoms with Gasteiger partial charge in [-0.1, -0.05) is 18.5 Å². The largest absolute Gasteiger partial charge is 0.382 e. The fourth-order valence-electron chi connectivity index (χ4n) is 2.56. The van der Waals surface area contributed by atoms with E-state index in [0.29, 0.717) is 0 Å². The monoisotopic (exact) mass is 303 g/mol. The van der Waals surface area contributed by atoms with Crippen LogP contribution in [0.25, 0.3) is 0 Å². The minimum Gasteiger partial charge on any atom is -0.382 e. The highest BCUT2D eigenvalue weighted by molar-refractivity contribution is 7.89. The van der Waals surface area contributed by atoms with Gasteiger partial charge in [0.15, 0.2) is 0 Å². The molecule has 2 unspecified atom stereocenters. The molecule has 1 aliphatic rings. The van der Waals surface area contributed by atoms with E-state index in [1.54, 1.807) is 4.31 Å². The molecular weight excluding hydrogens is 286 g/mol. The summed E-state index contributed by atoms with van der Waals surface area (Å²) in [7, 11) is -3.56. The van der Waals surface area contributed by atoms with Gasteiger partial charge in [-0.3, -0.25) is 0 Å². The van der Waals surface area contributed by atoms with Crippen LogP contribution in [-0.2, 0) is 10.0 Å². The highest BCUT2D eigenvalue weighted by Crippen LogP contribution is 2.33. The Kier molecular flexibility index (Phi) is 4.03. The number of pyridine rings is 1. The van der Waals surface area contributed by atoms with E-state index in [1.165, 1.54) is 12.3 Å². The van der Waals surface area contributed by atoms with Crippen LogP contribution in [0, 0.1) is 0 Å². The molecule has 5 nitrogen and oxygen atoms in total. The van der Waals surface area contributed by atoms with Crippen LogP contribution in [0.5, 0.6) is 0 Å². The van der Waals surface area contributed by atoms with Crippen LogP contribution in [0.4, 0.5) is 5.82 Å². The summed E-state index contributed by atoms with van der Waals surface area (Å²) in [5.41, 5.74) is 5.51. The molecule has 0 saturated carbocycles. The Morgan fingerprint density at radius 1 is 1.53 bits per heavy atom. The van der Waals surface area contributed by atoms with Crippen LogP contribution in [0.3, 0.4) is 0 Å². The molecule has 1 fully saturated rings. The number of sulfonamides is 1. The minimum absolute atomic E-state index is 0.00581. The number of hydrogen-bond donors (Lipinski definition) is 1. The quantitative estimate of drug-likeness (QED) is 0.929. The predicted octanol–water partition coefficient (Wildman–Crippen LogP) is 2.27. The Morgan fingerprint density at radius 2 is 2.21 bits per heavy atom.